The number of thiophene rings is 1. The molecule has 0 atom stereocenters. The fraction of sp³-hybridized carbons (Fsp3) is 0. The van der Waals surface area contributed by atoms with Crippen molar-refractivity contribution in [1.82, 2.24) is 9.55 Å². The topological polar surface area (TPSA) is 41.6 Å². The normalized spacial score (nSPS) is 11.4. The fourth-order valence-corrected chi connectivity index (χ4v) is 9.68. The minimum atomic E-state index is 0.628. The molecule has 8 aromatic carbocycles. The van der Waals surface area contributed by atoms with Gasteiger partial charge in [-0.15, -0.1) is 11.3 Å². The van der Waals surface area contributed by atoms with Gasteiger partial charge in [-0.25, -0.2) is 4.98 Å². The van der Waals surface area contributed by atoms with Crippen molar-refractivity contribution in [3.8, 4) is 67.7 Å². The van der Waals surface area contributed by atoms with Crippen LogP contribution in [0.25, 0.3) is 104 Å². The van der Waals surface area contributed by atoms with E-state index in [1.807, 2.05) is 41.7 Å². The average molecular weight is 756 g/mol. The van der Waals surface area contributed by atoms with E-state index >= 15 is 0 Å². The van der Waals surface area contributed by atoms with Gasteiger partial charge in [-0.1, -0.05) is 140 Å². The van der Waals surface area contributed by atoms with Gasteiger partial charge in [-0.2, -0.15) is 5.26 Å². The molecular weight excluding hydrogens is 723 g/mol. The molecule has 11 aromatic rings. The molecule has 58 heavy (non-hydrogen) atoms. The smallest absolute Gasteiger partial charge is 0.0991 e. The molecule has 0 amide bonds. The van der Waals surface area contributed by atoms with E-state index in [1.165, 1.54) is 42.1 Å². The van der Waals surface area contributed by atoms with Crippen LogP contribution in [0.3, 0.4) is 0 Å². The summed E-state index contributed by atoms with van der Waals surface area (Å²) in [5.74, 6) is 0. The molecule has 0 N–H and O–H groups in total. The highest BCUT2D eigenvalue weighted by atomic mass is 32.1. The van der Waals surface area contributed by atoms with Crippen molar-refractivity contribution in [3.05, 3.63) is 206 Å². The fourth-order valence-electron chi connectivity index (χ4n) is 8.44. The molecule has 0 saturated carbocycles. The third kappa shape index (κ3) is 5.77. The van der Waals surface area contributed by atoms with Crippen LogP contribution in [0.15, 0.2) is 200 Å². The predicted octanol–water partition coefficient (Wildman–Crippen LogP) is 14.8. The number of hydrogen-bond donors (Lipinski definition) is 0. The van der Waals surface area contributed by atoms with Crippen molar-refractivity contribution in [1.29, 1.82) is 5.26 Å². The number of pyridine rings is 1. The molecule has 0 unspecified atom stereocenters. The van der Waals surface area contributed by atoms with Gasteiger partial charge < -0.3 is 4.57 Å². The lowest BCUT2D eigenvalue weighted by molar-refractivity contribution is 1.18. The highest BCUT2D eigenvalue weighted by Gasteiger charge is 2.18. The Morgan fingerprint density at radius 3 is 1.78 bits per heavy atom. The Morgan fingerprint density at radius 2 is 1.02 bits per heavy atom. The summed E-state index contributed by atoms with van der Waals surface area (Å²) in [6, 6.07) is 73.3. The van der Waals surface area contributed by atoms with Crippen molar-refractivity contribution >= 4 is 53.3 Å². The van der Waals surface area contributed by atoms with Gasteiger partial charge in [-0.05, 0) is 94.0 Å². The van der Waals surface area contributed by atoms with E-state index in [4.69, 9.17) is 4.98 Å². The van der Waals surface area contributed by atoms with E-state index in [0.29, 0.717) is 5.56 Å². The van der Waals surface area contributed by atoms with Gasteiger partial charge in [0.2, 0.25) is 0 Å². The number of aromatic nitrogens is 2. The van der Waals surface area contributed by atoms with E-state index < -0.39 is 0 Å². The molecular formula is C54H33N3S. The SMILES string of the molecule is N#Cc1cccc(-c2cc(-c3cc(-c4ccccc4)nc(-c4ccccc4)c3)cc(-n3c4ccccc4c4ccc(-c5cccc6c5sc5ccccc56)cc43)c2)c1. The van der Waals surface area contributed by atoms with E-state index in [9.17, 15) is 5.26 Å². The lowest BCUT2D eigenvalue weighted by Crippen LogP contribution is -1.97. The van der Waals surface area contributed by atoms with E-state index in [1.54, 1.807) is 0 Å². The highest BCUT2D eigenvalue weighted by molar-refractivity contribution is 7.26. The van der Waals surface area contributed by atoms with Gasteiger partial charge in [0.25, 0.3) is 0 Å². The second-order valence-electron chi connectivity index (χ2n) is 14.7. The van der Waals surface area contributed by atoms with Gasteiger partial charge in [0, 0.05) is 47.8 Å². The molecule has 270 valence electrons. The Bertz CT molecular complexity index is 3350. The van der Waals surface area contributed by atoms with Gasteiger partial charge in [-0.3, -0.25) is 0 Å². The maximum absolute atomic E-state index is 9.93. The second-order valence-corrected chi connectivity index (χ2v) is 15.7. The summed E-state index contributed by atoms with van der Waals surface area (Å²) < 4.78 is 5.01. The Balaban J connectivity index is 1.18. The molecule has 0 bridgehead atoms. The number of benzene rings is 8. The van der Waals surface area contributed by atoms with Crippen LogP contribution in [0, 0.1) is 11.3 Å². The van der Waals surface area contributed by atoms with Crippen LogP contribution >= 0.6 is 11.3 Å². The number of nitrogens with zero attached hydrogens (tertiary/aromatic N) is 3. The maximum Gasteiger partial charge on any atom is 0.0991 e. The molecule has 3 nitrogen and oxygen atoms in total. The average Bonchev–Trinajstić information content (AvgIpc) is 3.85. The van der Waals surface area contributed by atoms with Gasteiger partial charge in [0.1, 0.15) is 0 Å². The molecule has 0 spiro atoms. The summed E-state index contributed by atoms with van der Waals surface area (Å²) in [6.45, 7) is 0. The highest BCUT2D eigenvalue weighted by Crippen LogP contribution is 2.43. The lowest BCUT2D eigenvalue weighted by atomic mass is 9.95. The molecule has 0 aliphatic carbocycles. The summed E-state index contributed by atoms with van der Waals surface area (Å²) >= 11 is 1.86. The predicted molar refractivity (Wildman–Crippen MR) is 243 cm³/mol. The van der Waals surface area contributed by atoms with Gasteiger partial charge in [0.05, 0.1) is 34.1 Å². The van der Waals surface area contributed by atoms with Crippen molar-refractivity contribution in [2.45, 2.75) is 0 Å². The first-order chi connectivity index (χ1) is 28.7. The summed E-state index contributed by atoms with van der Waals surface area (Å²) in [7, 11) is 0. The van der Waals surface area contributed by atoms with E-state index in [2.05, 4.69) is 180 Å². The zero-order valence-electron chi connectivity index (χ0n) is 31.3. The van der Waals surface area contributed by atoms with Crippen molar-refractivity contribution in [2.24, 2.45) is 0 Å². The van der Waals surface area contributed by atoms with Crippen molar-refractivity contribution in [3.63, 3.8) is 0 Å². The third-order valence-corrected chi connectivity index (χ3v) is 12.4. The molecule has 0 aliphatic heterocycles. The first-order valence-corrected chi connectivity index (χ1v) is 20.2. The molecule has 0 radical (unpaired) electrons. The number of rotatable bonds is 6. The minimum Gasteiger partial charge on any atom is -0.309 e. The van der Waals surface area contributed by atoms with Gasteiger partial charge >= 0.3 is 0 Å². The zero-order valence-corrected chi connectivity index (χ0v) is 32.1. The van der Waals surface area contributed by atoms with Crippen LogP contribution < -0.4 is 0 Å². The Labute approximate surface area is 340 Å². The van der Waals surface area contributed by atoms with Crippen LogP contribution in [0.2, 0.25) is 0 Å². The Morgan fingerprint density at radius 1 is 0.414 bits per heavy atom. The summed E-state index contributed by atoms with van der Waals surface area (Å²) in [6.07, 6.45) is 0. The Kier molecular flexibility index (Phi) is 8.06. The van der Waals surface area contributed by atoms with Crippen LogP contribution in [-0.4, -0.2) is 9.55 Å². The number of hydrogen-bond acceptors (Lipinski definition) is 3. The summed E-state index contributed by atoms with van der Waals surface area (Å²) in [4.78, 5) is 5.19. The molecule has 4 heteroatoms. The lowest BCUT2D eigenvalue weighted by Gasteiger charge is -2.16. The molecule has 0 saturated heterocycles. The van der Waals surface area contributed by atoms with Crippen LogP contribution in [0.1, 0.15) is 5.56 Å². The van der Waals surface area contributed by atoms with Crippen molar-refractivity contribution < 1.29 is 0 Å². The first-order valence-electron chi connectivity index (χ1n) is 19.4. The molecule has 11 rings (SSSR count). The second kappa shape index (κ2) is 13.9. The van der Waals surface area contributed by atoms with Crippen LogP contribution in [-0.2, 0) is 0 Å². The third-order valence-electron chi connectivity index (χ3n) is 11.2. The molecule has 0 fully saturated rings. The number of para-hydroxylation sites is 1. The van der Waals surface area contributed by atoms with E-state index in [-0.39, 0.29) is 0 Å². The van der Waals surface area contributed by atoms with Crippen molar-refractivity contribution in [2.75, 3.05) is 0 Å². The molecule has 0 aliphatic rings. The largest absolute Gasteiger partial charge is 0.309 e. The molecule has 3 aromatic heterocycles. The monoisotopic (exact) mass is 755 g/mol. The number of fused-ring (bicyclic) bond motifs is 6. The van der Waals surface area contributed by atoms with E-state index in [0.717, 1.165) is 61.5 Å². The minimum absolute atomic E-state index is 0.628. The maximum atomic E-state index is 9.93. The quantitative estimate of drug-likeness (QED) is 0.170. The van der Waals surface area contributed by atoms with Gasteiger partial charge in [0.15, 0.2) is 0 Å². The summed E-state index contributed by atoms with van der Waals surface area (Å²) in [5, 5.41) is 14.9. The molecule has 3 heterocycles. The number of nitriles is 1. The first kappa shape index (κ1) is 33.7. The standard InChI is InChI=1S/C54H33N3S/c55-34-35-13-11-18-38(27-35)40-28-41(42-31-49(36-14-3-1-4-15-36)56-50(32-42)37-16-5-2-6-17-37)30-43(29-40)57-51-23-9-7-19-45(51)46-26-25-39(33-52(46)57)44-21-12-22-48-47-20-8-10-24-53(47)58-54(44)48/h1-33H. The summed E-state index contributed by atoms with van der Waals surface area (Å²) in [5.41, 5.74) is 14.4. The van der Waals surface area contributed by atoms with Crippen LogP contribution in [0.4, 0.5) is 0 Å². The Hall–Kier alpha value is -7.58. The zero-order chi connectivity index (χ0) is 38.6. The van der Waals surface area contributed by atoms with Crippen LogP contribution in [0.5, 0.6) is 0 Å².